The number of ether oxygens (including phenoxy) is 1. The van der Waals surface area contributed by atoms with Gasteiger partial charge in [-0.25, -0.2) is 13.8 Å². The van der Waals surface area contributed by atoms with Crippen LogP contribution in [0.5, 0.6) is 5.75 Å². The molecule has 0 radical (unpaired) electrons. The van der Waals surface area contributed by atoms with E-state index in [1.54, 1.807) is 12.1 Å². The van der Waals surface area contributed by atoms with Crippen molar-refractivity contribution in [2.45, 2.75) is 44.6 Å². The van der Waals surface area contributed by atoms with E-state index < -0.39 is 11.6 Å². The summed E-state index contributed by atoms with van der Waals surface area (Å²) in [6.07, 6.45) is 6.48. The number of nitrogens with one attached hydrogen (secondary N) is 1. The Kier molecular flexibility index (Phi) is 6.07. The average molecular weight is 412 g/mol. The zero-order valence-electron chi connectivity index (χ0n) is 16.4. The third-order valence-electron chi connectivity index (χ3n) is 5.07. The van der Waals surface area contributed by atoms with Crippen LogP contribution in [-0.2, 0) is 11.2 Å². The molecule has 1 aliphatic carbocycles. The zero-order chi connectivity index (χ0) is 20.9. The summed E-state index contributed by atoms with van der Waals surface area (Å²) in [6.45, 7) is 0. The lowest BCUT2D eigenvalue weighted by Gasteiger charge is -2.13. The van der Waals surface area contributed by atoms with Gasteiger partial charge in [-0.1, -0.05) is 6.07 Å². The topological polar surface area (TPSA) is 64.4 Å². The molecule has 1 aliphatic rings. The molecule has 1 aromatic heterocycles. The van der Waals surface area contributed by atoms with Crippen molar-refractivity contribution in [3.63, 3.8) is 0 Å². The summed E-state index contributed by atoms with van der Waals surface area (Å²) in [5.41, 5.74) is 0.404. The molecule has 1 heterocycles. The molecule has 30 heavy (non-hydrogen) atoms. The van der Waals surface area contributed by atoms with Crippen LogP contribution < -0.4 is 10.1 Å². The molecule has 3 aromatic rings. The van der Waals surface area contributed by atoms with Crippen LogP contribution >= 0.6 is 0 Å². The van der Waals surface area contributed by atoms with Gasteiger partial charge < -0.3 is 14.5 Å². The van der Waals surface area contributed by atoms with Crippen LogP contribution in [0.15, 0.2) is 53.1 Å². The first-order chi connectivity index (χ1) is 14.6. The maximum atomic E-state index is 13.8. The summed E-state index contributed by atoms with van der Waals surface area (Å²) >= 11 is 0. The van der Waals surface area contributed by atoms with E-state index in [4.69, 9.17) is 9.15 Å². The van der Waals surface area contributed by atoms with Gasteiger partial charge in [-0.2, -0.15) is 0 Å². The molecule has 2 aromatic carbocycles. The number of hydrogen-bond donors (Lipinski definition) is 1. The van der Waals surface area contributed by atoms with E-state index in [9.17, 15) is 13.6 Å². The zero-order valence-corrected chi connectivity index (χ0v) is 16.4. The Morgan fingerprint density at radius 2 is 1.80 bits per heavy atom. The Balaban J connectivity index is 1.29. The average Bonchev–Trinajstić information content (AvgIpc) is 3.40. The van der Waals surface area contributed by atoms with Gasteiger partial charge in [0, 0.05) is 18.5 Å². The van der Waals surface area contributed by atoms with E-state index in [2.05, 4.69) is 10.3 Å². The Hall–Kier alpha value is -3.22. The van der Waals surface area contributed by atoms with Gasteiger partial charge in [-0.3, -0.25) is 4.79 Å². The molecule has 0 bridgehead atoms. The number of nitrogens with zero attached hydrogens (tertiary/aromatic N) is 1. The van der Waals surface area contributed by atoms with Gasteiger partial charge in [0.05, 0.1) is 17.9 Å². The maximum Gasteiger partial charge on any atom is 0.224 e. The minimum absolute atomic E-state index is 0.00106. The standard InChI is InChI=1S/C23H22F2N2O3/c24-18-6-3-7-19(25)23(18)20-14-26-22(30-20)13-12-21(28)27-15-8-10-17(11-9-15)29-16-4-1-2-5-16/h3,6-11,14,16H,1-2,4-5,12-13H2,(H,27,28). The van der Waals surface area contributed by atoms with Gasteiger partial charge >= 0.3 is 0 Å². The second-order valence-electron chi connectivity index (χ2n) is 7.31. The Bertz CT molecular complexity index is 991. The number of aromatic nitrogens is 1. The van der Waals surface area contributed by atoms with Crippen LogP contribution in [0.4, 0.5) is 14.5 Å². The number of oxazole rings is 1. The van der Waals surface area contributed by atoms with E-state index in [0.29, 0.717) is 5.69 Å². The smallest absolute Gasteiger partial charge is 0.224 e. The Morgan fingerprint density at radius 3 is 2.50 bits per heavy atom. The van der Waals surface area contributed by atoms with Crippen LogP contribution in [0.3, 0.4) is 0 Å². The molecule has 0 unspecified atom stereocenters. The van der Waals surface area contributed by atoms with E-state index in [1.807, 2.05) is 12.1 Å². The largest absolute Gasteiger partial charge is 0.490 e. The number of aryl methyl sites for hydroxylation is 1. The summed E-state index contributed by atoms with van der Waals surface area (Å²) in [6, 6.07) is 10.9. The predicted octanol–water partition coefficient (Wildman–Crippen LogP) is 5.51. The molecule has 0 spiro atoms. The van der Waals surface area contributed by atoms with Crippen molar-refractivity contribution < 1.29 is 22.7 Å². The predicted molar refractivity (Wildman–Crippen MR) is 108 cm³/mol. The summed E-state index contributed by atoms with van der Waals surface area (Å²) in [7, 11) is 0. The first-order valence-corrected chi connectivity index (χ1v) is 10.0. The van der Waals surface area contributed by atoms with Crippen LogP contribution in [0.1, 0.15) is 38.0 Å². The fourth-order valence-electron chi connectivity index (χ4n) is 3.53. The normalized spacial score (nSPS) is 14.1. The Morgan fingerprint density at radius 1 is 1.10 bits per heavy atom. The number of anilines is 1. The monoisotopic (exact) mass is 412 g/mol. The van der Waals surface area contributed by atoms with Gasteiger partial charge in [0.1, 0.15) is 17.4 Å². The molecule has 1 saturated carbocycles. The summed E-state index contributed by atoms with van der Waals surface area (Å²) in [5.74, 6) is -0.627. The number of carbonyl (C=O) groups is 1. The number of amides is 1. The summed E-state index contributed by atoms with van der Waals surface area (Å²) < 4.78 is 39.0. The van der Waals surface area contributed by atoms with Crippen molar-refractivity contribution in [3.8, 4) is 17.1 Å². The van der Waals surface area contributed by atoms with Gasteiger partial charge in [0.25, 0.3) is 0 Å². The number of carbonyl (C=O) groups excluding carboxylic acids is 1. The highest BCUT2D eigenvalue weighted by atomic mass is 19.1. The van der Waals surface area contributed by atoms with Crippen molar-refractivity contribution in [1.29, 1.82) is 0 Å². The van der Waals surface area contributed by atoms with Crippen LogP contribution in [0.2, 0.25) is 0 Å². The second kappa shape index (κ2) is 9.07. The second-order valence-corrected chi connectivity index (χ2v) is 7.31. The summed E-state index contributed by atoms with van der Waals surface area (Å²) in [5, 5.41) is 2.81. The fraction of sp³-hybridized carbons (Fsp3) is 0.304. The van der Waals surface area contributed by atoms with E-state index in [1.165, 1.54) is 25.1 Å². The quantitative estimate of drug-likeness (QED) is 0.556. The maximum absolute atomic E-state index is 13.8. The van der Waals surface area contributed by atoms with Crippen molar-refractivity contribution in [3.05, 3.63) is 66.2 Å². The van der Waals surface area contributed by atoms with Crippen LogP contribution in [-0.4, -0.2) is 17.0 Å². The van der Waals surface area contributed by atoms with Crippen molar-refractivity contribution in [1.82, 2.24) is 4.98 Å². The highest BCUT2D eigenvalue weighted by Gasteiger charge is 2.17. The third kappa shape index (κ3) is 4.84. The highest BCUT2D eigenvalue weighted by molar-refractivity contribution is 5.90. The molecule has 0 atom stereocenters. The highest BCUT2D eigenvalue weighted by Crippen LogP contribution is 2.27. The minimum Gasteiger partial charge on any atom is -0.490 e. The van der Waals surface area contributed by atoms with Gasteiger partial charge in [0.15, 0.2) is 11.7 Å². The summed E-state index contributed by atoms with van der Waals surface area (Å²) in [4.78, 5) is 16.2. The molecule has 1 fully saturated rings. The first kappa shape index (κ1) is 20.1. The molecule has 1 N–H and O–H groups in total. The van der Waals surface area contributed by atoms with Gasteiger partial charge in [-0.05, 0) is 62.1 Å². The van der Waals surface area contributed by atoms with E-state index >= 15 is 0 Å². The Labute approximate surface area is 173 Å². The van der Waals surface area contributed by atoms with Crippen LogP contribution in [0.25, 0.3) is 11.3 Å². The van der Waals surface area contributed by atoms with Gasteiger partial charge in [0.2, 0.25) is 5.91 Å². The number of hydrogen-bond acceptors (Lipinski definition) is 4. The molecule has 7 heteroatoms. The third-order valence-corrected chi connectivity index (χ3v) is 5.07. The lowest BCUT2D eigenvalue weighted by molar-refractivity contribution is -0.116. The molecule has 4 rings (SSSR count). The molecular weight excluding hydrogens is 390 g/mol. The molecule has 1 amide bonds. The van der Waals surface area contributed by atoms with Crippen molar-refractivity contribution in [2.24, 2.45) is 0 Å². The van der Waals surface area contributed by atoms with E-state index in [-0.39, 0.29) is 42.1 Å². The first-order valence-electron chi connectivity index (χ1n) is 10.0. The van der Waals surface area contributed by atoms with Gasteiger partial charge in [-0.15, -0.1) is 0 Å². The number of benzene rings is 2. The molecule has 156 valence electrons. The fourth-order valence-corrected chi connectivity index (χ4v) is 3.53. The van der Waals surface area contributed by atoms with Crippen molar-refractivity contribution in [2.75, 3.05) is 5.32 Å². The lowest BCUT2D eigenvalue weighted by atomic mass is 10.1. The minimum atomic E-state index is -0.726. The van der Waals surface area contributed by atoms with Crippen molar-refractivity contribution >= 4 is 11.6 Å². The lowest BCUT2D eigenvalue weighted by Crippen LogP contribution is -2.13. The molecule has 5 nitrogen and oxygen atoms in total. The van der Waals surface area contributed by atoms with Crippen LogP contribution in [0, 0.1) is 11.6 Å². The van der Waals surface area contributed by atoms with E-state index in [0.717, 1.165) is 30.7 Å². The number of rotatable bonds is 7. The molecule has 0 aliphatic heterocycles. The number of halogens is 2. The molecule has 0 saturated heterocycles. The SMILES string of the molecule is O=C(CCc1ncc(-c2c(F)cccc2F)o1)Nc1ccc(OC2CCCC2)cc1. The molecular formula is C23H22F2N2O3.